The average Bonchev–Trinajstić information content (AvgIpc) is 3.10. The van der Waals surface area contributed by atoms with Crippen molar-refractivity contribution in [3.8, 4) is 5.69 Å². The Kier molecular flexibility index (Phi) is 3.56. The van der Waals surface area contributed by atoms with Gasteiger partial charge in [-0.15, -0.1) is 11.8 Å². The Labute approximate surface area is 120 Å². The summed E-state index contributed by atoms with van der Waals surface area (Å²) in [4.78, 5) is 18.9. The molecule has 0 amide bonds. The van der Waals surface area contributed by atoms with Crippen molar-refractivity contribution < 1.29 is 9.90 Å². The predicted octanol–water partition coefficient (Wildman–Crippen LogP) is 0.679. The predicted molar refractivity (Wildman–Crippen MR) is 76.0 cm³/mol. The molecule has 0 saturated heterocycles. The lowest BCUT2D eigenvalue weighted by molar-refractivity contribution is -0.306. The maximum atomic E-state index is 10.7. The van der Waals surface area contributed by atoms with Gasteiger partial charge in [-0.05, 0) is 17.7 Å². The molecule has 1 aliphatic rings. The Bertz CT molecular complexity index is 635. The molecule has 0 bridgehead atoms. The molecule has 1 aromatic heterocycles. The molecule has 2 aromatic rings. The Balaban J connectivity index is 1.70. The normalized spacial score (nSPS) is 18.0. The highest BCUT2D eigenvalue weighted by molar-refractivity contribution is 8.14. The van der Waals surface area contributed by atoms with E-state index in [1.165, 1.54) is 11.8 Å². The first-order valence-electron chi connectivity index (χ1n) is 6.20. The van der Waals surface area contributed by atoms with Gasteiger partial charge in [-0.2, -0.15) is 0 Å². The van der Waals surface area contributed by atoms with Gasteiger partial charge in [0.05, 0.1) is 23.4 Å². The van der Waals surface area contributed by atoms with Crippen molar-refractivity contribution in [2.45, 2.75) is 12.5 Å². The monoisotopic (exact) mass is 286 g/mol. The maximum absolute atomic E-state index is 10.7. The zero-order valence-corrected chi connectivity index (χ0v) is 11.4. The highest BCUT2D eigenvalue weighted by Crippen LogP contribution is 2.21. The van der Waals surface area contributed by atoms with E-state index in [4.69, 9.17) is 0 Å². The van der Waals surface area contributed by atoms with E-state index in [-0.39, 0.29) is 0 Å². The summed E-state index contributed by atoms with van der Waals surface area (Å²) in [6, 6.07) is 7.36. The van der Waals surface area contributed by atoms with E-state index in [0.29, 0.717) is 12.2 Å². The molecule has 0 N–H and O–H groups in total. The van der Waals surface area contributed by atoms with Gasteiger partial charge in [0.2, 0.25) is 0 Å². The summed E-state index contributed by atoms with van der Waals surface area (Å²) in [6.07, 6.45) is 6.03. The summed E-state index contributed by atoms with van der Waals surface area (Å²) >= 11 is 1.49. The van der Waals surface area contributed by atoms with Crippen LogP contribution < -0.4 is 5.11 Å². The van der Waals surface area contributed by atoms with Crippen LogP contribution in [0.3, 0.4) is 0 Å². The third-order valence-electron chi connectivity index (χ3n) is 3.07. The van der Waals surface area contributed by atoms with Gasteiger partial charge in [-0.1, -0.05) is 12.1 Å². The van der Waals surface area contributed by atoms with Gasteiger partial charge in [0.15, 0.2) is 0 Å². The van der Waals surface area contributed by atoms with Gasteiger partial charge < -0.3 is 14.5 Å². The number of carbonyl (C=O) groups is 1. The standard InChI is InChI=1S/C14H13N3O2S/c18-14(19)12-8-20-13(16-12)7-10-1-3-11(4-2-10)17-6-5-15-9-17/h1-6,9,12H,7-8H2,(H,18,19)/p-1/t12-/m0/s1. The van der Waals surface area contributed by atoms with Crippen LogP contribution in [0.1, 0.15) is 5.56 Å². The van der Waals surface area contributed by atoms with Crippen molar-refractivity contribution in [3.63, 3.8) is 0 Å². The molecule has 3 rings (SSSR count). The first-order valence-corrected chi connectivity index (χ1v) is 7.18. The molecule has 102 valence electrons. The summed E-state index contributed by atoms with van der Waals surface area (Å²) in [5.41, 5.74) is 2.15. The highest BCUT2D eigenvalue weighted by Gasteiger charge is 2.18. The van der Waals surface area contributed by atoms with Gasteiger partial charge in [0.25, 0.3) is 0 Å². The largest absolute Gasteiger partial charge is 0.548 e. The molecular formula is C14H12N3O2S-. The molecule has 0 aliphatic carbocycles. The minimum atomic E-state index is -1.09. The molecule has 0 spiro atoms. The molecule has 0 unspecified atom stereocenters. The SMILES string of the molecule is O=C([O-])[C@@H]1CSC(Cc2ccc(-n3ccnc3)cc2)=N1. The maximum Gasteiger partial charge on any atom is 0.0996 e. The van der Waals surface area contributed by atoms with E-state index in [1.54, 1.807) is 12.5 Å². The first-order chi connectivity index (χ1) is 9.72. The smallest absolute Gasteiger partial charge is 0.0996 e. The van der Waals surface area contributed by atoms with Crippen LogP contribution in [0.5, 0.6) is 0 Å². The number of imidazole rings is 1. The zero-order chi connectivity index (χ0) is 13.9. The fraction of sp³-hybridized carbons (Fsp3) is 0.214. The number of benzene rings is 1. The van der Waals surface area contributed by atoms with Crippen LogP contribution in [0, 0.1) is 0 Å². The Morgan fingerprint density at radius 3 is 2.80 bits per heavy atom. The fourth-order valence-electron chi connectivity index (χ4n) is 2.01. The van der Waals surface area contributed by atoms with E-state index < -0.39 is 12.0 Å². The molecule has 2 heterocycles. The fourth-order valence-corrected chi connectivity index (χ4v) is 3.04. The summed E-state index contributed by atoms with van der Waals surface area (Å²) in [7, 11) is 0. The lowest BCUT2D eigenvalue weighted by atomic mass is 10.1. The molecule has 1 atom stereocenters. The number of carbonyl (C=O) groups excluding carboxylic acids is 1. The summed E-state index contributed by atoms with van der Waals surface area (Å²) in [5.74, 6) is -0.618. The minimum Gasteiger partial charge on any atom is -0.548 e. The quantitative estimate of drug-likeness (QED) is 0.828. The number of hydrogen-bond acceptors (Lipinski definition) is 5. The van der Waals surface area contributed by atoms with Crippen LogP contribution >= 0.6 is 11.8 Å². The molecule has 1 aromatic carbocycles. The number of carboxylic acid groups (broad SMARTS) is 1. The van der Waals surface area contributed by atoms with E-state index in [1.807, 2.05) is 35.0 Å². The van der Waals surface area contributed by atoms with Gasteiger partial charge in [-0.3, -0.25) is 4.99 Å². The number of rotatable bonds is 4. The second-order valence-corrected chi connectivity index (χ2v) is 5.58. The Hall–Kier alpha value is -2.08. The van der Waals surface area contributed by atoms with E-state index in [0.717, 1.165) is 16.3 Å². The van der Waals surface area contributed by atoms with Crippen LogP contribution in [0.2, 0.25) is 0 Å². The molecule has 5 nitrogen and oxygen atoms in total. The van der Waals surface area contributed by atoms with Crippen molar-refractivity contribution in [2.75, 3.05) is 5.75 Å². The number of nitrogens with zero attached hydrogens (tertiary/aromatic N) is 3. The first kappa shape index (κ1) is 12.9. The minimum absolute atomic E-state index is 0.477. The number of thioether (sulfide) groups is 1. The van der Waals surface area contributed by atoms with E-state index in [2.05, 4.69) is 9.98 Å². The van der Waals surface area contributed by atoms with Crippen LogP contribution in [-0.2, 0) is 11.2 Å². The number of aliphatic imine (C=N–C) groups is 1. The van der Waals surface area contributed by atoms with Gasteiger partial charge in [0.1, 0.15) is 0 Å². The third-order valence-corrected chi connectivity index (χ3v) is 4.14. The van der Waals surface area contributed by atoms with Crippen molar-refractivity contribution in [3.05, 3.63) is 48.5 Å². The molecule has 0 fully saturated rings. The summed E-state index contributed by atoms with van der Waals surface area (Å²) in [6.45, 7) is 0. The van der Waals surface area contributed by atoms with Crippen molar-refractivity contribution in [1.29, 1.82) is 0 Å². The molecule has 0 saturated carbocycles. The molecule has 20 heavy (non-hydrogen) atoms. The average molecular weight is 286 g/mol. The van der Waals surface area contributed by atoms with Crippen molar-refractivity contribution in [2.24, 2.45) is 4.99 Å². The highest BCUT2D eigenvalue weighted by atomic mass is 32.2. The van der Waals surface area contributed by atoms with E-state index >= 15 is 0 Å². The zero-order valence-electron chi connectivity index (χ0n) is 10.6. The number of aliphatic carboxylic acids is 1. The number of aromatic nitrogens is 2. The summed E-state index contributed by atoms with van der Waals surface area (Å²) < 4.78 is 1.93. The number of hydrogen-bond donors (Lipinski definition) is 0. The van der Waals surface area contributed by atoms with Gasteiger partial charge in [-0.25, -0.2) is 4.98 Å². The lowest BCUT2D eigenvalue weighted by Gasteiger charge is -2.05. The molecule has 1 aliphatic heterocycles. The van der Waals surface area contributed by atoms with Crippen molar-refractivity contribution in [1.82, 2.24) is 9.55 Å². The second-order valence-electron chi connectivity index (χ2n) is 4.48. The molecule has 6 heteroatoms. The van der Waals surface area contributed by atoms with Gasteiger partial charge in [0, 0.05) is 30.3 Å². The molecular weight excluding hydrogens is 274 g/mol. The second kappa shape index (κ2) is 5.50. The lowest BCUT2D eigenvalue weighted by Crippen LogP contribution is -2.34. The topological polar surface area (TPSA) is 70.3 Å². The summed E-state index contributed by atoms with van der Waals surface area (Å²) in [5, 5.41) is 11.6. The van der Waals surface area contributed by atoms with Gasteiger partial charge >= 0.3 is 0 Å². The Morgan fingerprint density at radius 2 is 2.20 bits per heavy atom. The van der Waals surface area contributed by atoms with Crippen LogP contribution in [0.25, 0.3) is 5.69 Å². The number of carboxylic acids is 1. The third kappa shape index (κ3) is 2.75. The van der Waals surface area contributed by atoms with Crippen LogP contribution in [0.4, 0.5) is 0 Å². The Morgan fingerprint density at radius 1 is 1.40 bits per heavy atom. The van der Waals surface area contributed by atoms with Crippen LogP contribution in [0.15, 0.2) is 48.0 Å². The van der Waals surface area contributed by atoms with Crippen molar-refractivity contribution >= 4 is 22.8 Å². The van der Waals surface area contributed by atoms with Crippen LogP contribution in [-0.4, -0.2) is 32.4 Å². The van der Waals surface area contributed by atoms with E-state index in [9.17, 15) is 9.90 Å². The molecule has 0 radical (unpaired) electrons.